The summed E-state index contributed by atoms with van der Waals surface area (Å²) in [7, 11) is 0. The molecule has 0 radical (unpaired) electrons. The van der Waals surface area contributed by atoms with Crippen molar-refractivity contribution in [1.29, 1.82) is 0 Å². The summed E-state index contributed by atoms with van der Waals surface area (Å²) < 4.78 is 0. The van der Waals surface area contributed by atoms with E-state index in [9.17, 15) is 9.59 Å². The molecule has 0 aromatic heterocycles. The zero-order valence-corrected chi connectivity index (χ0v) is 7.96. The molecule has 2 bridgehead atoms. The summed E-state index contributed by atoms with van der Waals surface area (Å²) in [6.45, 7) is 3.82. The van der Waals surface area contributed by atoms with E-state index in [1.54, 1.807) is 0 Å². The van der Waals surface area contributed by atoms with Crippen LogP contribution in [0.2, 0.25) is 0 Å². The first-order valence-corrected chi connectivity index (χ1v) is 4.62. The lowest BCUT2D eigenvalue weighted by Crippen LogP contribution is -2.60. The molecule has 0 amide bonds. The van der Waals surface area contributed by atoms with Gasteiger partial charge in [0.15, 0.2) is 0 Å². The maximum absolute atomic E-state index is 11.1. The molecule has 1 N–H and O–H groups in total. The second-order valence-corrected chi connectivity index (χ2v) is 4.96. The molecule has 3 rings (SSSR count). The Bertz CT molecular complexity index is 295. The summed E-state index contributed by atoms with van der Waals surface area (Å²) in [6.07, 6.45) is 2.93. The first-order valence-electron chi connectivity index (χ1n) is 4.62. The van der Waals surface area contributed by atoms with Gasteiger partial charge in [0.25, 0.3) is 0 Å². The Morgan fingerprint density at radius 3 is 2.23 bits per heavy atom. The number of aliphatic carboxylic acids is 1. The molecule has 0 aromatic rings. The van der Waals surface area contributed by atoms with Gasteiger partial charge in [-0.1, -0.05) is 13.8 Å². The lowest BCUT2D eigenvalue weighted by atomic mass is 9.43. The summed E-state index contributed by atoms with van der Waals surface area (Å²) in [5.74, 6) is -0.729. The lowest BCUT2D eigenvalue weighted by Gasteiger charge is -2.57. The Balaban J connectivity index is 2.44. The van der Waals surface area contributed by atoms with E-state index >= 15 is 0 Å². The van der Waals surface area contributed by atoms with Gasteiger partial charge in [-0.25, -0.2) is 0 Å². The maximum atomic E-state index is 11.1. The van der Waals surface area contributed by atoms with Crippen LogP contribution in [0.3, 0.4) is 0 Å². The Morgan fingerprint density at radius 2 is 2.00 bits per heavy atom. The molecule has 72 valence electrons. The summed E-state index contributed by atoms with van der Waals surface area (Å²) in [6, 6.07) is 0. The zero-order valence-electron chi connectivity index (χ0n) is 7.96. The molecule has 0 saturated heterocycles. The number of fused-ring (bicyclic) bond motifs is 1. The van der Waals surface area contributed by atoms with Crippen LogP contribution in [-0.2, 0) is 9.59 Å². The zero-order chi connectivity index (χ0) is 9.91. The van der Waals surface area contributed by atoms with Crippen molar-refractivity contribution in [1.82, 2.24) is 0 Å². The minimum atomic E-state index is -0.729. The fourth-order valence-electron chi connectivity index (χ4n) is 3.29. The van der Waals surface area contributed by atoms with Gasteiger partial charge in [0.2, 0.25) is 0 Å². The first kappa shape index (κ1) is 8.73. The molecule has 0 aromatic carbocycles. The van der Waals surface area contributed by atoms with Gasteiger partial charge in [-0.15, -0.1) is 0 Å². The van der Waals surface area contributed by atoms with E-state index in [0.29, 0.717) is 12.8 Å². The molecule has 0 heterocycles. The highest BCUT2D eigenvalue weighted by atomic mass is 16.4. The van der Waals surface area contributed by atoms with E-state index in [0.717, 1.165) is 12.7 Å². The van der Waals surface area contributed by atoms with E-state index < -0.39 is 11.4 Å². The predicted octanol–water partition coefficient (Wildman–Crippen LogP) is 1.47. The summed E-state index contributed by atoms with van der Waals surface area (Å²) in [5, 5.41) is 9.14. The van der Waals surface area contributed by atoms with Gasteiger partial charge in [-0.2, -0.15) is 0 Å². The summed E-state index contributed by atoms with van der Waals surface area (Å²) in [4.78, 5) is 22.1. The SMILES string of the molecule is CC1(C)[C@]2(C=O)CC[C@]1(C(=O)O)C2. The minimum absolute atomic E-state index is 0.342. The van der Waals surface area contributed by atoms with Crippen LogP contribution in [0.4, 0.5) is 0 Å². The van der Waals surface area contributed by atoms with E-state index in [1.807, 2.05) is 13.8 Å². The maximum Gasteiger partial charge on any atom is 0.310 e. The topological polar surface area (TPSA) is 54.4 Å². The van der Waals surface area contributed by atoms with E-state index in [2.05, 4.69) is 0 Å². The molecule has 13 heavy (non-hydrogen) atoms. The molecule has 3 aliphatic rings. The number of hydrogen-bond donors (Lipinski definition) is 1. The average Bonchev–Trinajstić information content (AvgIpc) is 2.55. The Morgan fingerprint density at radius 1 is 1.38 bits per heavy atom. The fourth-order valence-corrected chi connectivity index (χ4v) is 3.29. The van der Waals surface area contributed by atoms with Crippen LogP contribution in [0, 0.1) is 16.2 Å². The van der Waals surface area contributed by atoms with E-state index in [-0.39, 0.29) is 10.8 Å². The van der Waals surface area contributed by atoms with Crippen molar-refractivity contribution in [3.05, 3.63) is 0 Å². The van der Waals surface area contributed by atoms with Crippen molar-refractivity contribution >= 4 is 12.3 Å². The van der Waals surface area contributed by atoms with Crippen LogP contribution in [0.5, 0.6) is 0 Å². The Hall–Kier alpha value is -0.860. The highest BCUT2D eigenvalue weighted by Gasteiger charge is 2.77. The smallest absolute Gasteiger partial charge is 0.310 e. The number of hydrogen-bond acceptors (Lipinski definition) is 2. The van der Waals surface area contributed by atoms with Crippen LogP contribution >= 0.6 is 0 Å². The normalized spacial score (nSPS) is 45.4. The van der Waals surface area contributed by atoms with Gasteiger partial charge < -0.3 is 9.90 Å². The molecule has 3 nitrogen and oxygen atoms in total. The van der Waals surface area contributed by atoms with Gasteiger partial charge in [0, 0.05) is 5.41 Å². The number of carboxylic acid groups (broad SMARTS) is 1. The fraction of sp³-hybridized carbons (Fsp3) is 0.800. The molecule has 0 spiro atoms. The van der Waals surface area contributed by atoms with Gasteiger partial charge >= 0.3 is 5.97 Å². The Labute approximate surface area is 77.1 Å². The standard InChI is InChI=1S/C10H14O3/c1-8(2)9(6-11)3-4-10(8,5-9)7(12)13/h6H,3-5H2,1-2H3,(H,12,13)/t9-,10-/m1/s1. The monoisotopic (exact) mass is 182 g/mol. The number of carbonyl (C=O) groups excluding carboxylic acids is 1. The Kier molecular flexibility index (Phi) is 1.32. The first-order chi connectivity index (χ1) is 5.92. The number of carbonyl (C=O) groups is 2. The third kappa shape index (κ3) is 0.607. The van der Waals surface area contributed by atoms with Gasteiger partial charge in [-0.3, -0.25) is 4.79 Å². The quantitative estimate of drug-likeness (QED) is 0.658. The van der Waals surface area contributed by atoms with Crippen molar-refractivity contribution < 1.29 is 14.7 Å². The minimum Gasteiger partial charge on any atom is -0.481 e. The highest BCUT2D eigenvalue weighted by Crippen LogP contribution is 2.76. The average molecular weight is 182 g/mol. The number of aldehydes is 1. The molecule has 3 heteroatoms. The van der Waals surface area contributed by atoms with Crippen LogP contribution in [0.25, 0.3) is 0 Å². The van der Waals surface area contributed by atoms with Crippen LogP contribution in [-0.4, -0.2) is 17.4 Å². The van der Waals surface area contributed by atoms with Gasteiger partial charge in [-0.05, 0) is 24.7 Å². The van der Waals surface area contributed by atoms with E-state index in [4.69, 9.17) is 5.11 Å². The third-order valence-electron chi connectivity index (χ3n) is 4.69. The molecule has 3 saturated carbocycles. The lowest BCUT2D eigenvalue weighted by molar-refractivity contribution is -0.185. The van der Waals surface area contributed by atoms with Crippen LogP contribution in [0.1, 0.15) is 33.1 Å². The van der Waals surface area contributed by atoms with Gasteiger partial charge in [0.1, 0.15) is 6.29 Å². The molecular formula is C10H14O3. The molecule has 0 aliphatic heterocycles. The van der Waals surface area contributed by atoms with Crippen LogP contribution < -0.4 is 0 Å². The van der Waals surface area contributed by atoms with E-state index in [1.165, 1.54) is 0 Å². The summed E-state index contributed by atoms with van der Waals surface area (Å²) >= 11 is 0. The molecule has 3 fully saturated rings. The van der Waals surface area contributed by atoms with Crippen molar-refractivity contribution in [2.75, 3.05) is 0 Å². The second kappa shape index (κ2) is 1.97. The van der Waals surface area contributed by atoms with Gasteiger partial charge in [0.05, 0.1) is 5.41 Å². The van der Waals surface area contributed by atoms with Crippen molar-refractivity contribution in [2.24, 2.45) is 16.2 Å². The molecule has 2 atom stereocenters. The van der Waals surface area contributed by atoms with Crippen molar-refractivity contribution in [3.8, 4) is 0 Å². The summed E-state index contributed by atoms with van der Waals surface area (Å²) in [5.41, 5.74) is -1.31. The molecule has 3 aliphatic carbocycles. The van der Waals surface area contributed by atoms with Crippen molar-refractivity contribution in [2.45, 2.75) is 33.1 Å². The molecule has 0 unspecified atom stereocenters. The third-order valence-corrected chi connectivity index (χ3v) is 4.69. The largest absolute Gasteiger partial charge is 0.481 e. The predicted molar refractivity (Wildman–Crippen MR) is 46.2 cm³/mol. The van der Waals surface area contributed by atoms with Crippen molar-refractivity contribution in [3.63, 3.8) is 0 Å². The van der Waals surface area contributed by atoms with Crippen LogP contribution in [0.15, 0.2) is 0 Å². The second-order valence-electron chi connectivity index (χ2n) is 4.96. The highest BCUT2D eigenvalue weighted by molar-refractivity contribution is 5.83. The number of rotatable bonds is 2. The number of carboxylic acids is 1. The molecular weight excluding hydrogens is 168 g/mol.